The Balaban J connectivity index is 1.91. The molecule has 1 atom stereocenters. The number of ketones is 1. The number of carbonyl (C=O) groups is 2. The molecule has 0 aliphatic rings. The van der Waals surface area contributed by atoms with Gasteiger partial charge in [0, 0.05) is 36.5 Å². The van der Waals surface area contributed by atoms with Crippen LogP contribution in [0.2, 0.25) is 5.02 Å². The van der Waals surface area contributed by atoms with Gasteiger partial charge in [0.05, 0.1) is 9.95 Å². The lowest BCUT2D eigenvalue weighted by atomic mass is 10.0. The van der Waals surface area contributed by atoms with E-state index in [0.717, 1.165) is 22.3 Å². The molecule has 0 fully saturated rings. The summed E-state index contributed by atoms with van der Waals surface area (Å²) in [7, 11) is 0. The minimum atomic E-state index is -1.57. The summed E-state index contributed by atoms with van der Waals surface area (Å²) in [6, 6.07) is 15.4. The molecular formula is C22H18ClN3O5. The minimum absolute atomic E-state index is 0.0655. The van der Waals surface area contributed by atoms with Crippen molar-refractivity contribution in [3.05, 3.63) is 110 Å². The van der Waals surface area contributed by atoms with E-state index in [1.807, 2.05) is 30.3 Å². The smallest absolute Gasteiger partial charge is 0.270 e. The molecule has 158 valence electrons. The number of Topliss-reactive ketones (excluding diaryl/α,β-unsaturated/α-hetero) is 1. The third-order valence-corrected chi connectivity index (χ3v) is 4.80. The Hall–Kier alpha value is -3.78. The summed E-state index contributed by atoms with van der Waals surface area (Å²) in [6.45, 7) is 0.233. The standard InChI is InChI=1S/C22H18ClN3O5/c23-17-9-10-19(27)25(14-17)20(21(28)16-7-4-8-18(13-16)26(30)31)22(29)24-12-11-15-5-2-1-3-6-15/h1-10,13-14,20H,11-12H2,(H,24,29). The van der Waals surface area contributed by atoms with Gasteiger partial charge in [-0.15, -0.1) is 0 Å². The van der Waals surface area contributed by atoms with Crippen molar-refractivity contribution < 1.29 is 14.5 Å². The highest BCUT2D eigenvalue weighted by molar-refractivity contribution is 6.30. The third kappa shape index (κ3) is 5.43. The molecule has 3 rings (SSSR count). The van der Waals surface area contributed by atoms with Gasteiger partial charge in [0.15, 0.2) is 11.8 Å². The van der Waals surface area contributed by atoms with Gasteiger partial charge in [-0.25, -0.2) is 0 Å². The monoisotopic (exact) mass is 439 g/mol. The molecule has 0 aliphatic heterocycles. The van der Waals surface area contributed by atoms with Crippen molar-refractivity contribution in [3.8, 4) is 0 Å². The van der Waals surface area contributed by atoms with E-state index in [0.29, 0.717) is 6.42 Å². The first-order valence-electron chi connectivity index (χ1n) is 9.35. The van der Waals surface area contributed by atoms with Gasteiger partial charge in [-0.3, -0.25) is 29.1 Å². The van der Waals surface area contributed by atoms with Gasteiger partial charge in [-0.1, -0.05) is 54.1 Å². The van der Waals surface area contributed by atoms with Gasteiger partial charge in [-0.2, -0.15) is 0 Å². The number of carbonyl (C=O) groups excluding carboxylic acids is 2. The van der Waals surface area contributed by atoms with Crippen LogP contribution in [-0.4, -0.2) is 27.7 Å². The van der Waals surface area contributed by atoms with E-state index in [1.165, 1.54) is 30.5 Å². The Kier molecular flexibility index (Phi) is 6.94. The summed E-state index contributed by atoms with van der Waals surface area (Å²) in [6.07, 6.45) is 1.72. The molecular weight excluding hydrogens is 422 g/mol. The van der Waals surface area contributed by atoms with Gasteiger partial charge >= 0.3 is 0 Å². The number of hydrogen-bond donors (Lipinski definition) is 1. The number of halogens is 1. The van der Waals surface area contributed by atoms with Crippen molar-refractivity contribution in [1.29, 1.82) is 0 Å². The van der Waals surface area contributed by atoms with Crippen LogP contribution in [0.4, 0.5) is 5.69 Å². The number of benzene rings is 2. The summed E-state index contributed by atoms with van der Waals surface area (Å²) in [4.78, 5) is 48.9. The molecule has 9 heteroatoms. The normalized spacial score (nSPS) is 11.5. The van der Waals surface area contributed by atoms with E-state index in [4.69, 9.17) is 11.6 Å². The second kappa shape index (κ2) is 9.82. The fourth-order valence-electron chi connectivity index (χ4n) is 3.05. The van der Waals surface area contributed by atoms with Gasteiger partial charge in [0.2, 0.25) is 0 Å². The van der Waals surface area contributed by atoms with E-state index in [9.17, 15) is 24.5 Å². The number of nitrogens with one attached hydrogen (secondary N) is 1. The summed E-state index contributed by atoms with van der Waals surface area (Å²) >= 11 is 5.98. The molecule has 0 saturated heterocycles. The maximum Gasteiger partial charge on any atom is 0.270 e. The lowest BCUT2D eigenvalue weighted by molar-refractivity contribution is -0.384. The molecule has 1 aromatic heterocycles. The maximum absolute atomic E-state index is 13.2. The molecule has 31 heavy (non-hydrogen) atoms. The maximum atomic E-state index is 13.2. The van der Waals surface area contributed by atoms with Crippen molar-refractivity contribution in [3.63, 3.8) is 0 Å². The average Bonchev–Trinajstić information content (AvgIpc) is 2.77. The summed E-state index contributed by atoms with van der Waals surface area (Å²) < 4.78 is 0.932. The largest absolute Gasteiger partial charge is 0.354 e. The van der Waals surface area contributed by atoms with Gasteiger partial charge in [0.25, 0.3) is 17.2 Å². The molecule has 0 saturated carbocycles. The first kappa shape index (κ1) is 21.9. The fraction of sp³-hybridized carbons (Fsp3) is 0.136. The second-order valence-electron chi connectivity index (χ2n) is 6.69. The number of nitrogens with zero attached hydrogens (tertiary/aromatic N) is 2. The van der Waals surface area contributed by atoms with Crippen LogP contribution in [0, 0.1) is 10.1 Å². The highest BCUT2D eigenvalue weighted by Crippen LogP contribution is 2.20. The van der Waals surface area contributed by atoms with Crippen LogP contribution in [0.5, 0.6) is 0 Å². The Morgan fingerprint density at radius 2 is 1.81 bits per heavy atom. The summed E-state index contributed by atoms with van der Waals surface area (Å²) in [5, 5.41) is 13.9. The van der Waals surface area contributed by atoms with Gasteiger partial charge in [0.1, 0.15) is 0 Å². The summed E-state index contributed by atoms with van der Waals surface area (Å²) in [5.41, 5.74) is 0.0208. The second-order valence-corrected chi connectivity index (χ2v) is 7.13. The highest BCUT2D eigenvalue weighted by atomic mass is 35.5. The van der Waals surface area contributed by atoms with Crippen LogP contribution in [0.15, 0.2) is 77.7 Å². The van der Waals surface area contributed by atoms with Crippen LogP contribution >= 0.6 is 11.6 Å². The molecule has 1 amide bonds. The molecule has 0 bridgehead atoms. The zero-order chi connectivity index (χ0) is 22.4. The molecule has 0 radical (unpaired) electrons. The van der Waals surface area contributed by atoms with Crippen LogP contribution in [0.25, 0.3) is 0 Å². The lowest BCUT2D eigenvalue weighted by Crippen LogP contribution is -2.41. The van der Waals surface area contributed by atoms with E-state index in [1.54, 1.807) is 0 Å². The topological polar surface area (TPSA) is 111 Å². The van der Waals surface area contributed by atoms with E-state index in [2.05, 4.69) is 5.32 Å². The Morgan fingerprint density at radius 1 is 1.06 bits per heavy atom. The van der Waals surface area contributed by atoms with Crippen molar-refractivity contribution in [1.82, 2.24) is 9.88 Å². The molecule has 8 nitrogen and oxygen atoms in total. The van der Waals surface area contributed by atoms with E-state index in [-0.39, 0.29) is 22.8 Å². The van der Waals surface area contributed by atoms with Crippen LogP contribution in [-0.2, 0) is 11.2 Å². The van der Waals surface area contributed by atoms with Gasteiger partial charge < -0.3 is 5.32 Å². The molecule has 1 heterocycles. The number of rotatable bonds is 8. The van der Waals surface area contributed by atoms with Gasteiger partial charge in [-0.05, 0) is 18.1 Å². The van der Waals surface area contributed by atoms with Crippen molar-refractivity contribution in [2.45, 2.75) is 12.5 Å². The first-order valence-corrected chi connectivity index (χ1v) is 9.72. The molecule has 3 aromatic rings. The van der Waals surface area contributed by atoms with Crippen LogP contribution in [0.1, 0.15) is 22.0 Å². The first-order chi connectivity index (χ1) is 14.9. The SMILES string of the molecule is O=C(NCCc1ccccc1)C(C(=O)c1cccc([N+](=O)[O-])c1)n1cc(Cl)ccc1=O. The van der Waals surface area contributed by atoms with Crippen molar-refractivity contribution >= 4 is 29.0 Å². The average molecular weight is 440 g/mol. The lowest BCUT2D eigenvalue weighted by Gasteiger charge is -2.19. The Labute approximate surface area is 182 Å². The van der Waals surface area contributed by atoms with Crippen LogP contribution in [0.3, 0.4) is 0 Å². The minimum Gasteiger partial charge on any atom is -0.354 e. The number of nitro groups is 1. The predicted octanol–water partition coefficient (Wildman–Crippen LogP) is 3.19. The zero-order valence-electron chi connectivity index (χ0n) is 16.2. The molecule has 1 unspecified atom stereocenters. The Bertz CT molecular complexity index is 1180. The number of aromatic nitrogens is 1. The summed E-state index contributed by atoms with van der Waals surface area (Å²) in [5.74, 6) is -1.47. The molecule has 0 spiro atoms. The quantitative estimate of drug-likeness (QED) is 0.251. The van der Waals surface area contributed by atoms with E-state index < -0.39 is 28.2 Å². The number of nitro benzene ring substituents is 1. The van der Waals surface area contributed by atoms with Crippen LogP contribution < -0.4 is 10.9 Å². The van der Waals surface area contributed by atoms with E-state index >= 15 is 0 Å². The number of hydrogen-bond acceptors (Lipinski definition) is 5. The number of amides is 1. The predicted molar refractivity (Wildman–Crippen MR) is 115 cm³/mol. The molecule has 2 aromatic carbocycles. The van der Waals surface area contributed by atoms with Crippen molar-refractivity contribution in [2.75, 3.05) is 6.54 Å². The third-order valence-electron chi connectivity index (χ3n) is 4.57. The number of non-ortho nitro benzene ring substituents is 1. The number of pyridine rings is 1. The zero-order valence-corrected chi connectivity index (χ0v) is 17.0. The fourth-order valence-corrected chi connectivity index (χ4v) is 3.22. The Morgan fingerprint density at radius 3 is 2.52 bits per heavy atom. The van der Waals surface area contributed by atoms with Crippen molar-refractivity contribution in [2.24, 2.45) is 0 Å². The highest BCUT2D eigenvalue weighted by Gasteiger charge is 2.31. The molecule has 1 N–H and O–H groups in total. The molecule has 0 aliphatic carbocycles.